The molecule has 105 heavy (non-hydrogen) atoms. The quantitative estimate of drug-likeness (QED) is 0.0274. The van der Waals surface area contributed by atoms with Gasteiger partial charge in [0.05, 0.1) is 92.0 Å². The van der Waals surface area contributed by atoms with Crippen molar-refractivity contribution in [2.24, 2.45) is 11.5 Å². The highest BCUT2D eigenvalue weighted by Gasteiger charge is 2.33. The number of nitrogens with one attached hydrogen (secondary N) is 17. The summed E-state index contributed by atoms with van der Waals surface area (Å²) >= 11 is 0. The molecule has 2 aromatic carbocycles. The van der Waals surface area contributed by atoms with E-state index in [0.717, 1.165) is 6.92 Å². The summed E-state index contributed by atoms with van der Waals surface area (Å²) in [5, 5.41) is 115. The van der Waals surface area contributed by atoms with Crippen molar-refractivity contribution in [3.05, 3.63) is 59.7 Å². The van der Waals surface area contributed by atoms with Crippen LogP contribution in [0.4, 0.5) is 0 Å². The van der Waals surface area contributed by atoms with E-state index in [1.807, 2.05) is 0 Å². The summed E-state index contributed by atoms with van der Waals surface area (Å²) in [6, 6.07) is -3.64. The zero-order chi connectivity index (χ0) is 78.7. The second-order valence-electron chi connectivity index (χ2n) is 22.5. The van der Waals surface area contributed by atoms with E-state index < -0.39 is 253 Å². The van der Waals surface area contributed by atoms with Crippen LogP contribution in [-0.2, 0) is 99.1 Å². The average molecular weight is 1490 g/mol. The Morgan fingerprint density at radius 2 is 0.552 bits per heavy atom. The van der Waals surface area contributed by atoms with Crippen LogP contribution in [0.15, 0.2) is 48.5 Å². The first-order chi connectivity index (χ1) is 49.8. The number of amides is 18. The summed E-state index contributed by atoms with van der Waals surface area (Å²) in [5.74, 6) is -18.5. The molecule has 580 valence electrons. The summed E-state index contributed by atoms with van der Waals surface area (Å²) in [6.07, 6.45) is -0.135. The zero-order valence-electron chi connectivity index (χ0n) is 56.5. The maximum atomic E-state index is 13.4. The molecule has 0 bridgehead atoms. The SMILES string of the molecule is CC(=O)N[C@@H](CO)C(=O)N[C@@H](Cc1ccc(O)cc1)C(=O)N[C@@H](CO)C(=O)NCC(=O)NCC(=O)NCC(=O)NCC(=O)N[C@@H](CO)C(=O)N[C@@H](CCCCN)C(=O)N[C@@H](CO)C(=O)NCC(=O)NCC(=O)NCC(=O)NCC(=O)N[C@@H](CO)C(=O)N[C@@H](Cc1ccc(O)cc1)C(=O)N[C@@H](CO)C(N)=O. The number of phenolic OH excluding ortho intramolecular Hbond substituents is 2. The van der Waals surface area contributed by atoms with E-state index in [4.69, 9.17) is 11.5 Å². The van der Waals surface area contributed by atoms with E-state index in [2.05, 4.69) is 90.4 Å². The van der Waals surface area contributed by atoms with Crippen LogP contribution >= 0.6 is 0 Å². The van der Waals surface area contributed by atoms with Gasteiger partial charge in [-0.15, -0.1) is 0 Å². The van der Waals surface area contributed by atoms with Crippen LogP contribution in [0.3, 0.4) is 0 Å². The molecular formula is C60H89N19O26. The molecule has 18 amide bonds. The molecule has 0 spiro atoms. The highest BCUT2D eigenvalue weighted by Crippen LogP contribution is 2.14. The molecule has 0 aliphatic rings. The Labute approximate surface area is 596 Å². The van der Waals surface area contributed by atoms with Gasteiger partial charge in [-0.1, -0.05) is 24.3 Å². The van der Waals surface area contributed by atoms with Crippen molar-refractivity contribution in [1.29, 1.82) is 0 Å². The van der Waals surface area contributed by atoms with Crippen LogP contribution < -0.4 is 102 Å². The molecule has 0 aromatic heterocycles. The molecule has 0 radical (unpaired) electrons. The third kappa shape index (κ3) is 35.6. The lowest BCUT2D eigenvalue weighted by Crippen LogP contribution is -2.59. The van der Waals surface area contributed by atoms with Gasteiger partial charge in [0.25, 0.3) is 0 Å². The molecule has 0 saturated heterocycles. The Morgan fingerprint density at radius 3 is 0.848 bits per heavy atom. The Morgan fingerprint density at radius 1 is 0.305 bits per heavy atom. The van der Waals surface area contributed by atoms with E-state index in [-0.39, 0.29) is 43.7 Å². The highest BCUT2D eigenvalue weighted by atomic mass is 16.3. The van der Waals surface area contributed by atoms with E-state index in [0.29, 0.717) is 17.5 Å². The van der Waals surface area contributed by atoms with Crippen LogP contribution in [0.1, 0.15) is 37.3 Å². The van der Waals surface area contributed by atoms with Crippen molar-refractivity contribution in [1.82, 2.24) is 90.4 Å². The lowest BCUT2D eigenvalue weighted by atomic mass is 10.0. The minimum atomic E-state index is -1.76. The van der Waals surface area contributed by atoms with Crippen molar-refractivity contribution in [3.8, 4) is 11.5 Å². The van der Waals surface area contributed by atoms with E-state index in [1.165, 1.54) is 48.5 Å². The van der Waals surface area contributed by atoms with Crippen molar-refractivity contribution < 1.29 is 127 Å². The normalized spacial score (nSPS) is 13.2. The van der Waals surface area contributed by atoms with Gasteiger partial charge in [0.2, 0.25) is 106 Å². The molecule has 45 heteroatoms. The summed E-state index contributed by atoms with van der Waals surface area (Å²) in [7, 11) is 0. The second kappa shape index (κ2) is 48.2. The van der Waals surface area contributed by atoms with Crippen LogP contribution in [0.2, 0.25) is 0 Å². The van der Waals surface area contributed by atoms with Gasteiger partial charge in [0, 0.05) is 19.8 Å². The van der Waals surface area contributed by atoms with Crippen LogP contribution in [0.25, 0.3) is 0 Å². The van der Waals surface area contributed by atoms with Crippen molar-refractivity contribution in [2.45, 2.75) is 93.4 Å². The number of unbranched alkanes of at least 4 members (excludes halogenated alkanes) is 1. The number of carbonyl (C=O) groups excluding carboxylic acids is 18. The minimum Gasteiger partial charge on any atom is -0.508 e. The number of carbonyl (C=O) groups is 18. The predicted molar refractivity (Wildman–Crippen MR) is 355 cm³/mol. The summed E-state index contributed by atoms with van der Waals surface area (Å²) in [6.45, 7) is -11.1. The number of primary amides is 1. The van der Waals surface area contributed by atoms with E-state index >= 15 is 0 Å². The van der Waals surface area contributed by atoms with Gasteiger partial charge in [-0.05, 0) is 61.2 Å². The van der Waals surface area contributed by atoms with Gasteiger partial charge in [-0.25, -0.2) is 0 Å². The number of aromatic hydroxyl groups is 2. The lowest BCUT2D eigenvalue weighted by Gasteiger charge is -2.24. The van der Waals surface area contributed by atoms with Gasteiger partial charge >= 0.3 is 0 Å². The molecular weight excluding hydrogens is 1400 g/mol. The number of rotatable bonds is 48. The number of phenols is 2. The van der Waals surface area contributed by atoms with Gasteiger partial charge < -0.3 is 143 Å². The molecule has 2 rings (SSSR count). The maximum Gasteiger partial charge on any atom is 0.245 e. The minimum absolute atomic E-state index is 0.118. The molecule has 9 atom stereocenters. The number of benzene rings is 2. The van der Waals surface area contributed by atoms with Crippen molar-refractivity contribution in [3.63, 3.8) is 0 Å². The largest absolute Gasteiger partial charge is 0.508 e. The monoisotopic (exact) mass is 1490 g/mol. The maximum absolute atomic E-state index is 13.4. The molecule has 0 saturated carbocycles. The smallest absolute Gasteiger partial charge is 0.245 e. The molecule has 0 fully saturated rings. The fraction of sp³-hybridized carbons (Fsp3) is 0.500. The molecule has 0 aliphatic carbocycles. The Hall–Kier alpha value is -11.8. The van der Waals surface area contributed by atoms with Gasteiger partial charge in [0.1, 0.15) is 65.9 Å². The number of hydrogen-bond acceptors (Lipinski definition) is 27. The van der Waals surface area contributed by atoms with Gasteiger partial charge in [-0.3, -0.25) is 86.3 Å². The molecule has 0 unspecified atom stereocenters. The summed E-state index contributed by atoms with van der Waals surface area (Å²) < 4.78 is 0. The first kappa shape index (κ1) is 89.3. The topological polar surface area (TPSA) is 726 Å². The number of aliphatic hydroxyl groups excluding tert-OH is 6. The Bertz CT molecular complexity index is 3350. The summed E-state index contributed by atoms with van der Waals surface area (Å²) in [4.78, 5) is 228. The van der Waals surface area contributed by atoms with Crippen molar-refractivity contribution >= 4 is 106 Å². The van der Waals surface area contributed by atoms with Crippen LogP contribution in [-0.4, -0.2) is 300 Å². The highest BCUT2D eigenvalue weighted by molar-refractivity contribution is 5.99. The molecule has 2 aromatic rings. The van der Waals surface area contributed by atoms with Gasteiger partial charge in [-0.2, -0.15) is 0 Å². The Balaban J connectivity index is 1.82. The summed E-state index contributed by atoms with van der Waals surface area (Å²) in [5.41, 5.74) is 11.6. The second-order valence-corrected chi connectivity index (χ2v) is 22.5. The van der Waals surface area contributed by atoms with Crippen molar-refractivity contribution in [2.75, 3.05) is 98.5 Å². The van der Waals surface area contributed by atoms with Crippen LogP contribution in [0, 0.1) is 0 Å². The molecule has 45 nitrogen and oxygen atoms in total. The molecule has 0 heterocycles. The van der Waals surface area contributed by atoms with E-state index in [1.54, 1.807) is 0 Å². The fourth-order valence-corrected chi connectivity index (χ4v) is 8.49. The average Bonchev–Trinajstić information content (AvgIpc) is 0.799. The number of nitrogens with two attached hydrogens (primary N) is 2. The third-order valence-corrected chi connectivity index (χ3v) is 14.1. The Kier molecular flexibility index (Phi) is 41.0. The predicted octanol–water partition coefficient (Wildman–Crippen LogP) is -16.2. The van der Waals surface area contributed by atoms with Gasteiger partial charge in [0.15, 0.2) is 0 Å². The number of aliphatic hydroxyl groups is 6. The molecule has 0 aliphatic heterocycles. The molecule has 29 N–H and O–H groups in total. The first-order valence-electron chi connectivity index (χ1n) is 31.8. The van der Waals surface area contributed by atoms with E-state index in [9.17, 15) is 127 Å². The fourth-order valence-electron chi connectivity index (χ4n) is 8.49. The standard InChI is InChI=1S/C60H89N19O26/c1-30(86)71-41(27-83)58(103)75-37(15-32-7-11-34(88)12-8-32)57(102)79-40(26-82)54(99)70-21-49(94)66-17-45(90)63-18-46(91)67-22-50(95)72-42(28-84)59(104)74-35(4-2-3-13-61)55(100)78-39(25-81)53(98)69-20-48(93)65-16-44(89)64-19-47(92)68-23-51(96)73-43(29-85)60(105)76-36(14-31-5-9-33(87)10-6-31)56(101)77-38(24-80)52(62)97/h5-12,35-43,80-85,87-88H,2-4,13-29,61H2,1H3,(H2,62,97)(H,63,90)(H,64,89)(H,65,93)(H,66,94)(H,67,91)(H,68,92)(H,69,98)(H,70,99)(H,71,86)(H,72,95)(H,73,96)(H,74,104)(H,75,103)(H,76,105)(H,77,101)(H,78,100)(H,79,102)/t35-,36-,37-,38-,39-,40-,41-,42-,43-/m0/s1. The van der Waals surface area contributed by atoms with Crippen LogP contribution in [0.5, 0.6) is 11.5 Å². The third-order valence-electron chi connectivity index (χ3n) is 14.1. The zero-order valence-corrected chi connectivity index (χ0v) is 56.5. The first-order valence-corrected chi connectivity index (χ1v) is 31.8. The number of hydrogen-bond donors (Lipinski definition) is 27. The lowest BCUT2D eigenvalue weighted by molar-refractivity contribution is -0.135.